The van der Waals surface area contributed by atoms with Gasteiger partial charge in [0.1, 0.15) is 12.4 Å². The van der Waals surface area contributed by atoms with Gasteiger partial charge >= 0.3 is 0 Å². The number of carbonyl (C=O) groups is 1. The minimum atomic E-state index is -0.0604. The molecule has 1 aliphatic rings. The van der Waals surface area contributed by atoms with E-state index in [0.29, 0.717) is 19.6 Å². The van der Waals surface area contributed by atoms with Crippen molar-refractivity contribution in [2.75, 3.05) is 43.1 Å². The Hall–Kier alpha value is -4.08. The summed E-state index contributed by atoms with van der Waals surface area (Å²) in [5, 5.41) is 11.4. The second-order valence-electron chi connectivity index (χ2n) is 11.7. The number of thioether (sulfide) groups is 1. The number of aryl methyl sites for hydroxylation is 1. The molecule has 1 aliphatic heterocycles. The Bertz CT molecular complexity index is 1600. The summed E-state index contributed by atoms with van der Waals surface area (Å²) in [6, 6.07) is 22.8. The lowest BCUT2D eigenvalue weighted by Gasteiger charge is -2.25. The first-order valence-corrected chi connectivity index (χ1v) is 17.9. The summed E-state index contributed by atoms with van der Waals surface area (Å²) < 4.78 is 13.4. The van der Waals surface area contributed by atoms with Crippen LogP contribution in [0.25, 0.3) is 17.2 Å². The van der Waals surface area contributed by atoms with Gasteiger partial charge in [0.05, 0.1) is 18.5 Å². The van der Waals surface area contributed by atoms with Crippen LogP contribution < -0.4 is 15.0 Å². The lowest BCUT2D eigenvalue weighted by atomic mass is 10.00. The Morgan fingerprint density at radius 2 is 1.68 bits per heavy atom. The first-order chi connectivity index (χ1) is 23.1. The number of hydrogen-bond donors (Lipinski definition) is 1. The summed E-state index contributed by atoms with van der Waals surface area (Å²) >= 11 is 1.74. The molecule has 0 radical (unpaired) electrons. The first-order valence-electron chi connectivity index (χ1n) is 16.9. The average molecular weight is 654 g/mol. The van der Waals surface area contributed by atoms with E-state index in [-0.39, 0.29) is 5.91 Å². The van der Waals surface area contributed by atoms with Crippen LogP contribution in [0.1, 0.15) is 64.1 Å². The highest BCUT2D eigenvalue weighted by Gasteiger charge is 2.20. The van der Waals surface area contributed by atoms with Crippen LogP contribution in [0.4, 0.5) is 11.4 Å². The van der Waals surface area contributed by atoms with E-state index >= 15 is 0 Å². The van der Waals surface area contributed by atoms with Crippen LogP contribution in [0, 0.1) is 0 Å². The fraction of sp³-hybridized carbons (Fsp3) is 0.395. The van der Waals surface area contributed by atoms with Gasteiger partial charge < -0.3 is 19.7 Å². The molecule has 248 valence electrons. The summed E-state index contributed by atoms with van der Waals surface area (Å²) in [6.07, 6.45) is 8.85. The monoisotopic (exact) mass is 653 g/mol. The lowest BCUT2D eigenvalue weighted by Crippen LogP contribution is -2.26. The number of hydrogen-bond acceptors (Lipinski definition) is 7. The summed E-state index contributed by atoms with van der Waals surface area (Å²) in [4.78, 5) is 17.1. The Kier molecular flexibility index (Phi) is 12.9. The average Bonchev–Trinajstić information content (AvgIpc) is 3.46. The van der Waals surface area contributed by atoms with Crippen LogP contribution in [-0.4, -0.2) is 53.8 Å². The zero-order valence-corrected chi connectivity index (χ0v) is 28.7. The molecule has 0 atom stereocenters. The number of nitrogens with one attached hydrogen (secondary N) is 1. The van der Waals surface area contributed by atoms with E-state index in [2.05, 4.69) is 89.8 Å². The molecule has 0 spiro atoms. The first kappa shape index (κ1) is 34.3. The second-order valence-corrected chi connectivity index (χ2v) is 12.8. The minimum absolute atomic E-state index is 0.0604. The Balaban J connectivity index is 1.24. The van der Waals surface area contributed by atoms with E-state index in [0.717, 1.165) is 102 Å². The molecular formula is C38H47N5O3S. The van der Waals surface area contributed by atoms with Crippen molar-refractivity contribution in [3.8, 4) is 16.9 Å². The van der Waals surface area contributed by atoms with Crippen LogP contribution in [0.2, 0.25) is 0 Å². The summed E-state index contributed by atoms with van der Waals surface area (Å²) in [5.41, 5.74) is 7.12. The third kappa shape index (κ3) is 9.72. The highest BCUT2D eigenvalue weighted by Crippen LogP contribution is 2.33. The van der Waals surface area contributed by atoms with Gasteiger partial charge in [-0.15, -0.1) is 16.9 Å². The van der Waals surface area contributed by atoms with Crippen molar-refractivity contribution >= 4 is 35.1 Å². The number of fused-ring (bicyclic) bond motifs is 1. The van der Waals surface area contributed by atoms with Crippen molar-refractivity contribution in [2.24, 2.45) is 0 Å². The Morgan fingerprint density at radius 1 is 0.894 bits per heavy atom. The van der Waals surface area contributed by atoms with Gasteiger partial charge in [0, 0.05) is 53.8 Å². The predicted octanol–water partition coefficient (Wildman–Crippen LogP) is 8.49. The highest BCUT2D eigenvalue weighted by atomic mass is 32.2. The van der Waals surface area contributed by atoms with Gasteiger partial charge in [0.15, 0.2) is 0 Å². The Labute approximate surface area is 283 Å². The fourth-order valence-electron chi connectivity index (χ4n) is 5.56. The van der Waals surface area contributed by atoms with Crippen LogP contribution >= 0.6 is 11.8 Å². The molecule has 1 amide bonds. The molecule has 0 unspecified atom stereocenters. The third-order valence-electron chi connectivity index (χ3n) is 8.09. The molecule has 8 nitrogen and oxygen atoms in total. The molecular weight excluding hydrogens is 607 g/mol. The summed E-state index contributed by atoms with van der Waals surface area (Å²) in [6.45, 7) is 11.0. The van der Waals surface area contributed by atoms with Crippen LogP contribution in [0.15, 0.2) is 83.4 Å². The van der Waals surface area contributed by atoms with E-state index in [9.17, 15) is 4.79 Å². The number of carbonyl (C=O) groups excluding carboxylic acids is 1. The fourth-order valence-corrected chi connectivity index (χ4v) is 6.43. The number of anilines is 2. The van der Waals surface area contributed by atoms with Crippen LogP contribution in [0.5, 0.6) is 5.75 Å². The standard InChI is InChI=1S/C38H47N5O3S/c1-4-7-22-45-23-24-46-35-13-8-29(9-14-35)30-10-17-37-32(25-30)26-31(18-21-42(37)19-5-2)38(44)40-33-11-15-36(16-12-33)47-28-34-27-39-41-43(34)20-6-3/h8-17,25-27H,4-7,18-24,28H2,1-3H3,(H,40,44). The summed E-state index contributed by atoms with van der Waals surface area (Å²) in [7, 11) is 0. The molecule has 47 heavy (non-hydrogen) atoms. The van der Waals surface area contributed by atoms with Gasteiger partial charge in [-0.25, -0.2) is 4.68 Å². The van der Waals surface area contributed by atoms with Crippen molar-refractivity contribution in [2.45, 2.75) is 70.1 Å². The predicted molar refractivity (Wildman–Crippen MR) is 193 cm³/mol. The van der Waals surface area contributed by atoms with E-state index < -0.39 is 0 Å². The van der Waals surface area contributed by atoms with Gasteiger partial charge in [-0.2, -0.15) is 0 Å². The SMILES string of the molecule is CCCCOCCOc1ccc(-c2ccc3c(c2)C=C(C(=O)Nc2ccc(SCc4cnnn4CCC)cc2)CCN3CCC)cc1. The van der Waals surface area contributed by atoms with Crippen LogP contribution in [0.3, 0.4) is 0 Å². The zero-order valence-electron chi connectivity index (χ0n) is 27.9. The number of nitrogens with zero attached hydrogens (tertiary/aromatic N) is 4. The smallest absolute Gasteiger partial charge is 0.251 e. The number of amides is 1. The zero-order chi connectivity index (χ0) is 32.8. The van der Waals surface area contributed by atoms with Crippen molar-refractivity contribution in [3.63, 3.8) is 0 Å². The van der Waals surface area contributed by atoms with E-state index in [1.54, 1.807) is 11.8 Å². The van der Waals surface area contributed by atoms with Gasteiger partial charge in [0.25, 0.3) is 5.91 Å². The molecule has 5 rings (SSSR count). The topological polar surface area (TPSA) is 81.5 Å². The van der Waals surface area contributed by atoms with Crippen molar-refractivity contribution < 1.29 is 14.3 Å². The molecule has 9 heteroatoms. The molecule has 0 saturated carbocycles. The molecule has 4 aromatic rings. The number of ether oxygens (including phenoxy) is 2. The Morgan fingerprint density at radius 3 is 2.45 bits per heavy atom. The van der Waals surface area contributed by atoms with Gasteiger partial charge in [-0.05, 0) is 97.0 Å². The molecule has 0 aliphatic carbocycles. The molecule has 0 bridgehead atoms. The normalized spacial score (nSPS) is 12.7. The molecule has 0 saturated heterocycles. The maximum Gasteiger partial charge on any atom is 0.251 e. The third-order valence-corrected chi connectivity index (χ3v) is 9.14. The number of aromatic nitrogens is 3. The van der Waals surface area contributed by atoms with Crippen molar-refractivity contribution in [3.05, 3.63) is 89.8 Å². The molecule has 1 N–H and O–H groups in total. The van der Waals surface area contributed by atoms with Crippen molar-refractivity contribution in [1.82, 2.24) is 15.0 Å². The highest BCUT2D eigenvalue weighted by molar-refractivity contribution is 7.98. The molecule has 3 aromatic carbocycles. The number of benzene rings is 3. The summed E-state index contributed by atoms with van der Waals surface area (Å²) in [5.74, 6) is 1.57. The maximum absolute atomic E-state index is 13.6. The van der Waals surface area contributed by atoms with Crippen LogP contribution in [-0.2, 0) is 21.8 Å². The van der Waals surface area contributed by atoms with E-state index in [4.69, 9.17) is 9.47 Å². The van der Waals surface area contributed by atoms with E-state index in [1.807, 2.05) is 35.1 Å². The largest absolute Gasteiger partial charge is 0.491 e. The number of rotatable bonds is 17. The van der Waals surface area contributed by atoms with Gasteiger partial charge in [0.2, 0.25) is 0 Å². The molecule has 1 aromatic heterocycles. The van der Waals surface area contributed by atoms with E-state index in [1.165, 1.54) is 5.69 Å². The molecule has 2 heterocycles. The second kappa shape index (κ2) is 17.7. The molecule has 0 fully saturated rings. The lowest BCUT2D eigenvalue weighted by molar-refractivity contribution is -0.112. The quantitative estimate of drug-likeness (QED) is 0.0904. The van der Waals surface area contributed by atoms with Gasteiger partial charge in [-0.1, -0.05) is 50.6 Å². The maximum atomic E-state index is 13.6. The van der Waals surface area contributed by atoms with Gasteiger partial charge in [-0.3, -0.25) is 4.79 Å². The number of unbranched alkanes of at least 4 members (excludes halogenated alkanes) is 1. The van der Waals surface area contributed by atoms with Crippen molar-refractivity contribution in [1.29, 1.82) is 0 Å². The minimum Gasteiger partial charge on any atom is -0.491 e.